The first-order chi connectivity index (χ1) is 7.03. The van der Waals surface area contributed by atoms with Crippen molar-refractivity contribution in [1.29, 1.82) is 0 Å². The molecule has 0 bridgehead atoms. The summed E-state index contributed by atoms with van der Waals surface area (Å²) < 4.78 is 23.1. The predicted octanol–water partition coefficient (Wildman–Crippen LogP) is -0.664. The second kappa shape index (κ2) is 2.66. The molecule has 1 spiro atoms. The van der Waals surface area contributed by atoms with E-state index in [-0.39, 0.29) is 11.3 Å². The van der Waals surface area contributed by atoms with Crippen molar-refractivity contribution in [3.8, 4) is 0 Å². The zero-order valence-corrected chi connectivity index (χ0v) is 9.33. The van der Waals surface area contributed by atoms with E-state index < -0.39 is 9.84 Å². The lowest BCUT2D eigenvalue weighted by Gasteiger charge is -2.35. The van der Waals surface area contributed by atoms with E-state index in [9.17, 15) is 8.42 Å². The van der Waals surface area contributed by atoms with Gasteiger partial charge in [0.2, 0.25) is 0 Å². The molecule has 3 rings (SSSR count). The van der Waals surface area contributed by atoms with E-state index in [2.05, 4.69) is 9.89 Å². The monoisotopic (exact) mass is 229 g/mol. The van der Waals surface area contributed by atoms with Crippen LogP contribution in [0.15, 0.2) is 4.99 Å². The van der Waals surface area contributed by atoms with Gasteiger partial charge in [-0.3, -0.25) is 4.99 Å². The van der Waals surface area contributed by atoms with Crippen molar-refractivity contribution in [2.45, 2.75) is 30.8 Å². The number of sulfone groups is 1. The lowest BCUT2D eigenvalue weighted by atomic mass is 9.98. The minimum Gasteiger partial charge on any atom is -0.370 e. The molecule has 6 heteroatoms. The Morgan fingerprint density at radius 3 is 2.73 bits per heavy atom. The quantitative estimate of drug-likeness (QED) is 0.647. The molecule has 0 aromatic heterocycles. The van der Waals surface area contributed by atoms with Gasteiger partial charge in [-0.05, 0) is 19.3 Å². The van der Waals surface area contributed by atoms with Crippen LogP contribution in [0.3, 0.4) is 0 Å². The van der Waals surface area contributed by atoms with Gasteiger partial charge in [0, 0.05) is 6.04 Å². The zero-order valence-electron chi connectivity index (χ0n) is 8.52. The Morgan fingerprint density at radius 2 is 2.20 bits per heavy atom. The van der Waals surface area contributed by atoms with E-state index in [1.807, 2.05) is 0 Å². The second-order valence-corrected chi connectivity index (χ2v) is 7.03. The van der Waals surface area contributed by atoms with Gasteiger partial charge in [0.1, 0.15) is 0 Å². The van der Waals surface area contributed by atoms with Gasteiger partial charge in [-0.25, -0.2) is 8.42 Å². The summed E-state index contributed by atoms with van der Waals surface area (Å²) in [5, 5.41) is 0. The Hall–Kier alpha value is -0.780. The molecule has 1 atom stereocenters. The first-order valence-corrected chi connectivity index (χ1v) is 7.14. The summed E-state index contributed by atoms with van der Waals surface area (Å²) in [7, 11) is -2.87. The third kappa shape index (κ3) is 1.34. The highest BCUT2D eigenvalue weighted by atomic mass is 32.2. The summed E-state index contributed by atoms with van der Waals surface area (Å²) in [6, 6.07) is 0.449. The van der Waals surface area contributed by atoms with Crippen LogP contribution in [0.5, 0.6) is 0 Å². The number of hydrogen-bond donors (Lipinski definition) is 1. The smallest absolute Gasteiger partial charge is 0.192 e. The summed E-state index contributed by atoms with van der Waals surface area (Å²) in [6.07, 6.45) is 2.94. The van der Waals surface area contributed by atoms with E-state index in [1.165, 1.54) is 0 Å². The number of nitrogens with two attached hydrogens (primary N) is 1. The molecule has 15 heavy (non-hydrogen) atoms. The van der Waals surface area contributed by atoms with Gasteiger partial charge >= 0.3 is 0 Å². The van der Waals surface area contributed by atoms with Gasteiger partial charge in [0.15, 0.2) is 15.8 Å². The molecule has 1 saturated carbocycles. The van der Waals surface area contributed by atoms with Crippen molar-refractivity contribution in [1.82, 2.24) is 4.90 Å². The highest BCUT2D eigenvalue weighted by Gasteiger charge is 2.54. The van der Waals surface area contributed by atoms with Crippen LogP contribution in [0.1, 0.15) is 19.3 Å². The Balaban J connectivity index is 1.93. The van der Waals surface area contributed by atoms with E-state index in [0.717, 1.165) is 12.8 Å². The summed E-state index contributed by atoms with van der Waals surface area (Å²) in [5.74, 6) is 1.08. The number of guanidine groups is 1. The van der Waals surface area contributed by atoms with Crippen LogP contribution >= 0.6 is 0 Å². The largest absolute Gasteiger partial charge is 0.370 e. The maximum atomic E-state index is 11.6. The summed E-state index contributed by atoms with van der Waals surface area (Å²) in [6.45, 7) is 0.564. The lowest BCUT2D eigenvalue weighted by molar-refractivity contribution is 0.221. The Kier molecular flexibility index (Phi) is 1.68. The Bertz CT molecular complexity index is 427. The first-order valence-electron chi connectivity index (χ1n) is 5.32. The van der Waals surface area contributed by atoms with Crippen LogP contribution in [0.25, 0.3) is 0 Å². The zero-order chi connectivity index (χ0) is 10.7. The van der Waals surface area contributed by atoms with Gasteiger partial charge in [-0.15, -0.1) is 0 Å². The molecule has 1 saturated heterocycles. The Morgan fingerprint density at radius 1 is 1.47 bits per heavy atom. The van der Waals surface area contributed by atoms with Crippen LogP contribution in [0.4, 0.5) is 0 Å². The molecule has 84 valence electrons. The fourth-order valence-electron chi connectivity index (χ4n) is 2.74. The third-order valence-corrected chi connectivity index (χ3v) is 5.38. The number of nitrogens with zero attached hydrogens (tertiary/aromatic N) is 2. The molecule has 2 N–H and O–H groups in total. The van der Waals surface area contributed by atoms with E-state index in [0.29, 0.717) is 30.7 Å². The fraction of sp³-hybridized carbons (Fsp3) is 0.889. The van der Waals surface area contributed by atoms with Crippen molar-refractivity contribution in [2.75, 3.05) is 18.1 Å². The topological polar surface area (TPSA) is 75.8 Å². The average molecular weight is 229 g/mol. The molecule has 0 amide bonds. The normalized spacial score (nSPS) is 38.7. The average Bonchev–Trinajstić information content (AvgIpc) is 2.85. The summed E-state index contributed by atoms with van der Waals surface area (Å²) in [5.41, 5.74) is 5.56. The van der Waals surface area contributed by atoms with Gasteiger partial charge in [0.25, 0.3) is 0 Å². The molecule has 0 aromatic carbocycles. The fourth-order valence-corrected chi connectivity index (χ4v) is 4.77. The van der Waals surface area contributed by atoms with Gasteiger partial charge in [-0.2, -0.15) is 0 Å². The second-order valence-electron chi connectivity index (χ2n) is 4.84. The molecule has 0 aromatic rings. The molecule has 5 nitrogen and oxygen atoms in total. The highest BCUT2D eigenvalue weighted by molar-refractivity contribution is 7.91. The van der Waals surface area contributed by atoms with Crippen LogP contribution in [0.2, 0.25) is 0 Å². The van der Waals surface area contributed by atoms with E-state index >= 15 is 0 Å². The molecule has 2 fully saturated rings. The van der Waals surface area contributed by atoms with Crippen molar-refractivity contribution in [3.05, 3.63) is 0 Å². The van der Waals surface area contributed by atoms with Crippen LogP contribution in [-0.2, 0) is 9.84 Å². The molecule has 2 aliphatic heterocycles. The minimum atomic E-state index is -2.87. The summed E-state index contributed by atoms with van der Waals surface area (Å²) in [4.78, 5) is 6.32. The van der Waals surface area contributed by atoms with Crippen molar-refractivity contribution in [3.63, 3.8) is 0 Å². The molecule has 1 aliphatic carbocycles. The minimum absolute atomic E-state index is 0.237. The molecule has 3 aliphatic rings. The molecular weight excluding hydrogens is 214 g/mol. The SMILES string of the molecule is NC1=NCC2(CCS(=O)(=O)C2)N1C1CC1. The van der Waals surface area contributed by atoms with Crippen LogP contribution in [-0.4, -0.2) is 48.9 Å². The van der Waals surface area contributed by atoms with Crippen molar-refractivity contribution in [2.24, 2.45) is 10.7 Å². The molecular formula is C9H15N3O2S. The van der Waals surface area contributed by atoms with E-state index in [4.69, 9.17) is 5.73 Å². The molecule has 2 heterocycles. The maximum Gasteiger partial charge on any atom is 0.192 e. The number of hydrogen-bond acceptors (Lipinski definition) is 5. The van der Waals surface area contributed by atoms with Crippen molar-refractivity contribution >= 4 is 15.8 Å². The third-order valence-electron chi connectivity index (χ3n) is 3.57. The summed E-state index contributed by atoms with van der Waals surface area (Å²) >= 11 is 0. The molecule has 0 radical (unpaired) electrons. The van der Waals surface area contributed by atoms with Crippen LogP contribution < -0.4 is 5.73 Å². The number of rotatable bonds is 1. The first kappa shape index (κ1) is 9.45. The number of aliphatic imine (C=N–C) groups is 1. The molecule has 1 unspecified atom stereocenters. The standard InChI is InChI=1S/C9H15N3O2S/c10-8-11-5-9(12(8)7-1-2-7)3-4-15(13,14)6-9/h7H,1-6H2,(H2,10,11). The van der Waals surface area contributed by atoms with Gasteiger partial charge < -0.3 is 10.6 Å². The van der Waals surface area contributed by atoms with Gasteiger partial charge in [0.05, 0.1) is 23.6 Å². The highest BCUT2D eigenvalue weighted by Crippen LogP contribution is 2.41. The van der Waals surface area contributed by atoms with Gasteiger partial charge in [-0.1, -0.05) is 0 Å². The maximum absolute atomic E-state index is 11.6. The van der Waals surface area contributed by atoms with Crippen molar-refractivity contribution < 1.29 is 8.42 Å². The lowest BCUT2D eigenvalue weighted by Crippen LogP contribution is -2.53. The Labute approximate surface area is 89.3 Å². The predicted molar refractivity (Wildman–Crippen MR) is 57.4 cm³/mol. The van der Waals surface area contributed by atoms with E-state index in [1.54, 1.807) is 0 Å². The van der Waals surface area contributed by atoms with Crippen LogP contribution in [0, 0.1) is 0 Å².